The topological polar surface area (TPSA) is 59.3 Å². The summed E-state index contributed by atoms with van der Waals surface area (Å²) in [6.45, 7) is 1.38. The van der Waals surface area contributed by atoms with Crippen molar-refractivity contribution < 1.29 is 14.7 Å². The van der Waals surface area contributed by atoms with E-state index < -0.39 is 5.54 Å². The lowest BCUT2D eigenvalue weighted by Crippen LogP contribution is -2.44. The van der Waals surface area contributed by atoms with Crippen molar-refractivity contribution in [3.8, 4) is 0 Å². The zero-order chi connectivity index (χ0) is 15.5. The van der Waals surface area contributed by atoms with Crippen LogP contribution in [0.2, 0.25) is 0 Å². The third kappa shape index (κ3) is 1.76. The number of rotatable bonds is 2. The van der Waals surface area contributed by atoms with E-state index in [0.29, 0.717) is 11.6 Å². The fourth-order valence-electron chi connectivity index (χ4n) is 4.18. The zero-order valence-electron chi connectivity index (χ0n) is 12.9. The Morgan fingerprint density at radius 2 is 1.95 bits per heavy atom. The van der Waals surface area contributed by atoms with Crippen LogP contribution >= 0.6 is 0 Å². The number of aromatic nitrogens is 1. The lowest BCUT2D eigenvalue weighted by molar-refractivity contribution is -0.113. The SMILES string of the molecule is CC(=O)C1=C(O)C2(CCCCC2)n2cc(C3CC3)cc2C1=O. The van der Waals surface area contributed by atoms with Gasteiger partial charge in [0.25, 0.3) is 0 Å². The van der Waals surface area contributed by atoms with Crippen molar-refractivity contribution >= 4 is 11.6 Å². The number of carbonyl (C=O) groups excluding carboxylic acids is 2. The number of Topliss-reactive ketones (excluding diaryl/α,β-unsaturated/α-hetero) is 2. The van der Waals surface area contributed by atoms with Crippen LogP contribution in [0.4, 0.5) is 0 Å². The molecule has 0 saturated heterocycles. The van der Waals surface area contributed by atoms with Gasteiger partial charge in [0, 0.05) is 6.20 Å². The summed E-state index contributed by atoms with van der Waals surface area (Å²) in [7, 11) is 0. The molecule has 0 aromatic carbocycles. The van der Waals surface area contributed by atoms with Gasteiger partial charge in [-0.25, -0.2) is 0 Å². The Morgan fingerprint density at radius 3 is 2.55 bits per heavy atom. The van der Waals surface area contributed by atoms with E-state index in [9.17, 15) is 14.7 Å². The van der Waals surface area contributed by atoms with E-state index in [1.54, 1.807) is 0 Å². The van der Waals surface area contributed by atoms with Gasteiger partial charge in [-0.2, -0.15) is 0 Å². The smallest absolute Gasteiger partial charge is 0.216 e. The van der Waals surface area contributed by atoms with Crippen LogP contribution in [0.15, 0.2) is 23.6 Å². The molecule has 1 N–H and O–H groups in total. The van der Waals surface area contributed by atoms with Crippen molar-refractivity contribution in [1.82, 2.24) is 4.57 Å². The normalized spacial score (nSPS) is 23.8. The molecule has 0 atom stereocenters. The van der Waals surface area contributed by atoms with Crippen molar-refractivity contribution in [2.45, 2.75) is 63.3 Å². The first-order valence-electron chi connectivity index (χ1n) is 8.27. The Labute approximate surface area is 129 Å². The molecule has 1 aromatic rings. The van der Waals surface area contributed by atoms with Gasteiger partial charge < -0.3 is 9.67 Å². The van der Waals surface area contributed by atoms with Crippen molar-refractivity contribution in [3.05, 3.63) is 34.9 Å². The highest BCUT2D eigenvalue weighted by molar-refractivity contribution is 6.26. The fourth-order valence-corrected chi connectivity index (χ4v) is 4.18. The molecule has 0 bridgehead atoms. The average molecular weight is 299 g/mol. The first-order chi connectivity index (χ1) is 10.5. The van der Waals surface area contributed by atoms with E-state index >= 15 is 0 Å². The molecule has 1 spiro atoms. The third-order valence-electron chi connectivity index (χ3n) is 5.52. The molecule has 4 nitrogen and oxygen atoms in total. The second-order valence-electron chi connectivity index (χ2n) is 7.00. The van der Waals surface area contributed by atoms with Gasteiger partial charge in [0.2, 0.25) is 5.78 Å². The molecule has 4 heteroatoms. The van der Waals surface area contributed by atoms with Crippen LogP contribution in [0.3, 0.4) is 0 Å². The number of carbonyl (C=O) groups is 2. The van der Waals surface area contributed by atoms with Gasteiger partial charge in [0.05, 0.1) is 5.69 Å². The van der Waals surface area contributed by atoms with E-state index in [2.05, 4.69) is 6.20 Å². The highest BCUT2D eigenvalue weighted by atomic mass is 16.3. The quantitative estimate of drug-likeness (QED) is 0.848. The second-order valence-corrected chi connectivity index (χ2v) is 7.00. The van der Waals surface area contributed by atoms with Crippen molar-refractivity contribution in [2.75, 3.05) is 0 Å². The van der Waals surface area contributed by atoms with E-state index in [4.69, 9.17) is 0 Å². The molecule has 0 radical (unpaired) electrons. The third-order valence-corrected chi connectivity index (χ3v) is 5.52. The number of allylic oxidation sites excluding steroid dienone is 2. The van der Waals surface area contributed by atoms with Gasteiger partial charge in [-0.05, 0) is 50.2 Å². The van der Waals surface area contributed by atoms with Gasteiger partial charge in [-0.15, -0.1) is 0 Å². The van der Waals surface area contributed by atoms with Crippen LogP contribution in [0.25, 0.3) is 0 Å². The lowest BCUT2D eigenvalue weighted by Gasteiger charge is -2.42. The molecule has 2 aliphatic carbocycles. The van der Waals surface area contributed by atoms with Crippen molar-refractivity contribution in [1.29, 1.82) is 0 Å². The molecule has 3 aliphatic rings. The molecule has 1 aromatic heterocycles. The predicted octanol–water partition coefficient (Wildman–Crippen LogP) is 3.62. The summed E-state index contributed by atoms with van der Waals surface area (Å²) in [5.41, 5.74) is 1.21. The first-order valence-corrected chi connectivity index (χ1v) is 8.27. The van der Waals surface area contributed by atoms with Gasteiger partial charge in [0.1, 0.15) is 16.9 Å². The molecule has 2 saturated carbocycles. The van der Waals surface area contributed by atoms with Crippen LogP contribution < -0.4 is 0 Å². The highest BCUT2D eigenvalue weighted by Crippen LogP contribution is 2.48. The van der Waals surface area contributed by atoms with Gasteiger partial charge in [-0.3, -0.25) is 9.59 Å². The first kappa shape index (κ1) is 13.8. The maximum Gasteiger partial charge on any atom is 0.216 e. The van der Waals surface area contributed by atoms with Crippen LogP contribution in [0, 0.1) is 0 Å². The molecule has 1 aliphatic heterocycles. The summed E-state index contributed by atoms with van der Waals surface area (Å²) in [4.78, 5) is 24.7. The summed E-state index contributed by atoms with van der Waals surface area (Å²) in [5.74, 6) is -0.0782. The molecule has 0 amide bonds. The average Bonchev–Trinajstić information content (AvgIpc) is 3.25. The minimum Gasteiger partial charge on any atom is -0.509 e. The standard InChI is InChI=1S/C18H21NO3/c1-11(20)15-16(21)14-9-13(12-5-6-12)10-19(14)18(17(15)22)7-3-2-4-8-18/h9-10,12,22H,2-8H2,1H3. The minimum atomic E-state index is -0.574. The highest BCUT2D eigenvalue weighted by Gasteiger charge is 2.47. The monoisotopic (exact) mass is 299 g/mol. The van der Waals surface area contributed by atoms with Crippen molar-refractivity contribution in [2.24, 2.45) is 0 Å². The lowest BCUT2D eigenvalue weighted by atomic mass is 9.75. The van der Waals surface area contributed by atoms with Crippen LogP contribution in [0.5, 0.6) is 0 Å². The predicted molar refractivity (Wildman–Crippen MR) is 82.1 cm³/mol. The van der Waals surface area contributed by atoms with Gasteiger partial charge >= 0.3 is 0 Å². The van der Waals surface area contributed by atoms with E-state index in [0.717, 1.165) is 32.1 Å². The molecule has 0 unspecified atom stereocenters. The Balaban J connectivity index is 1.93. The number of aliphatic hydroxyl groups excluding tert-OH is 1. The number of hydrogen-bond donors (Lipinski definition) is 1. The molecule has 4 rings (SSSR count). The summed E-state index contributed by atoms with van der Waals surface area (Å²) in [6, 6.07) is 1.95. The van der Waals surface area contributed by atoms with E-state index in [-0.39, 0.29) is 22.9 Å². The summed E-state index contributed by atoms with van der Waals surface area (Å²) in [6.07, 6.45) is 9.17. The minimum absolute atomic E-state index is 0.00912. The van der Waals surface area contributed by atoms with Crippen LogP contribution in [-0.2, 0) is 10.3 Å². The molecular weight excluding hydrogens is 278 g/mol. The Bertz CT molecular complexity index is 700. The summed E-state index contributed by atoms with van der Waals surface area (Å²) in [5, 5.41) is 10.8. The summed E-state index contributed by atoms with van der Waals surface area (Å²) >= 11 is 0. The number of aliphatic hydroxyl groups is 1. The Hall–Kier alpha value is -1.84. The van der Waals surface area contributed by atoms with E-state index in [1.165, 1.54) is 25.3 Å². The second kappa shape index (κ2) is 4.58. The Morgan fingerprint density at radius 1 is 1.27 bits per heavy atom. The van der Waals surface area contributed by atoms with Gasteiger partial charge in [0.15, 0.2) is 5.78 Å². The summed E-state index contributed by atoms with van der Waals surface area (Å²) < 4.78 is 1.99. The molecule has 2 fully saturated rings. The number of nitrogens with zero attached hydrogens (tertiary/aromatic N) is 1. The maximum atomic E-state index is 12.7. The molecule has 22 heavy (non-hydrogen) atoms. The molecule has 2 heterocycles. The van der Waals surface area contributed by atoms with Crippen LogP contribution in [-0.4, -0.2) is 21.2 Å². The van der Waals surface area contributed by atoms with Crippen molar-refractivity contribution in [3.63, 3.8) is 0 Å². The largest absolute Gasteiger partial charge is 0.509 e. The molecule has 116 valence electrons. The Kier molecular flexibility index (Phi) is 2.87. The zero-order valence-corrected chi connectivity index (χ0v) is 12.9. The van der Waals surface area contributed by atoms with Gasteiger partial charge in [-0.1, -0.05) is 19.3 Å². The maximum absolute atomic E-state index is 12.7. The number of ketones is 2. The van der Waals surface area contributed by atoms with E-state index in [1.807, 2.05) is 10.6 Å². The number of hydrogen-bond acceptors (Lipinski definition) is 3. The molecular formula is C18H21NO3. The fraction of sp³-hybridized carbons (Fsp3) is 0.556. The van der Waals surface area contributed by atoms with Crippen LogP contribution in [0.1, 0.15) is 73.8 Å². The number of fused-ring (bicyclic) bond motifs is 2.